The average molecular weight is 1280 g/mol. The van der Waals surface area contributed by atoms with Gasteiger partial charge in [-0.1, -0.05) is 86.6 Å². The molecule has 0 fully saturated rings. The van der Waals surface area contributed by atoms with Gasteiger partial charge in [0.15, 0.2) is 11.5 Å². The van der Waals surface area contributed by atoms with E-state index in [9.17, 15) is 58.8 Å². The maximum Gasteiger partial charge on any atom is 0.248 e. The number of amides is 9. The number of aliphatic hydroxyl groups is 1. The number of thiol groups is 2. The van der Waals surface area contributed by atoms with Gasteiger partial charge in [0.05, 0.1) is 12.1 Å². The summed E-state index contributed by atoms with van der Waals surface area (Å²) in [7, 11) is 1.37. The molecule has 0 spiro atoms. The zero-order valence-electron chi connectivity index (χ0n) is 50.2. The third-order valence-corrected chi connectivity index (χ3v) is 15.9. The minimum absolute atomic E-state index is 0.00449. The van der Waals surface area contributed by atoms with Crippen molar-refractivity contribution in [2.75, 3.05) is 25.1 Å². The Labute approximate surface area is 531 Å². The van der Waals surface area contributed by atoms with Crippen molar-refractivity contribution in [2.45, 2.75) is 120 Å². The van der Waals surface area contributed by atoms with E-state index in [1.54, 1.807) is 62.5 Å². The highest BCUT2D eigenvalue weighted by atomic mass is 32.1. The molecular weight excluding hydrogens is 1200 g/mol. The van der Waals surface area contributed by atoms with Crippen molar-refractivity contribution in [3.05, 3.63) is 138 Å². The number of H-pyrrole nitrogens is 1. The molecule has 0 aliphatic carbocycles. The van der Waals surface area contributed by atoms with Crippen molar-refractivity contribution in [3.8, 4) is 17.2 Å². The van der Waals surface area contributed by atoms with Crippen molar-refractivity contribution in [3.63, 3.8) is 0 Å². The number of aliphatic hydroxyl groups excluding tert-OH is 1. The lowest BCUT2D eigenvalue weighted by atomic mass is 9.98. The van der Waals surface area contributed by atoms with E-state index in [0.717, 1.165) is 15.7 Å². The average Bonchev–Trinajstić information content (AvgIpc) is 1.48. The molecule has 6 aromatic rings. The van der Waals surface area contributed by atoms with E-state index in [2.05, 4.69) is 67.5 Å². The Morgan fingerprint density at radius 3 is 1.72 bits per heavy atom. The highest BCUT2D eigenvalue weighted by Gasteiger charge is 2.38. The van der Waals surface area contributed by atoms with E-state index in [0.29, 0.717) is 46.0 Å². The molecule has 25 nitrogen and oxygen atoms in total. The number of para-hydroxylation sites is 1. The lowest BCUT2D eigenvalue weighted by molar-refractivity contribution is -0.141. The molecule has 0 saturated heterocycles. The number of phenolic OH excluding ortho intramolecular Hbond substituents is 3. The van der Waals surface area contributed by atoms with E-state index < -0.39 is 125 Å². The molecule has 482 valence electrons. The van der Waals surface area contributed by atoms with E-state index >= 15 is 4.79 Å². The lowest BCUT2D eigenvalue weighted by Crippen LogP contribution is -2.62. The van der Waals surface area contributed by atoms with Gasteiger partial charge in [0.1, 0.15) is 54.1 Å². The minimum atomic E-state index is -1.51. The standard InChI is InChI=1S/C63H80N12O13S2/c1-33(2)52(61(86)71-49(32-90)60(85)74-53(34(3)76)55(66)80)73-56(81)45(15-9-10-24-64)68-58(83)47(29-40-30-67-44-14-8-7-13-42(40)44)70-57(82)46(26-35-16-21-41(77)22-17-35)69-59(84)48(31-89)72-62(87)54(39-20-19-37-11-5-6-12-38(37)28-39)75(4)63(88)43(65)25-36-18-23-50(78)51(79)27-36/h5-8,11-14,16-23,27-28,30,33-34,43,45-49,52-54,67,76-79,89-90H,9-10,15,24-26,29,31-32,64-65H2,1-4H3,(H2,66,80)(H,68,83)(H,69,84)(H,70,82)(H,71,86)(H,72,87)(H,73,81)(H,74,85)/t34-,43+,45+,46+,47-,48+,49+,52+,53+,54-/m1/s1. The Hall–Kier alpha value is -8.89. The highest BCUT2D eigenvalue weighted by molar-refractivity contribution is 7.80. The normalized spacial score (nSPS) is 14.7. The smallest absolute Gasteiger partial charge is 0.248 e. The summed E-state index contributed by atoms with van der Waals surface area (Å²) in [5, 5.41) is 61.0. The number of carbonyl (C=O) groups is 9. The minimum Gasteiger partial charge on any atom is -0.508 e. The van der Waals surface area contributed by atoms with Crippen LogP contribution in [0.25, 0.3) is 21.7 Å². The molecule has 5 aromatic carbocycles. The van der Waals surface area contributed by atoms with Gasteiger partial charge < -0.3 is 84.7 Å². The number of nitrogens with zero attached hydrogens (tertiary/aromatic N) is 1. The van der Waals surface area contributed by atoms with E-state index in [-0.39, 0.29) is 55.2 Å². The number of primary amides is 1. The number of likely N-dealkylation sites (N-methyl/N-ethyl adjacent to an activating group) is 1. The van der Waals surface area contributed by atoms with Crippen molar-refractivity contribution in [1.82, 2.24) is 47.1 Å². The molecule has 0 saturated carbocycles. The zero-order valence-corrected chi connectivity index (χ0v) is 52.0. The SMILES string of the molecule is CC(C)[C@H](NC(=O)[C@H](CCCCN)NC(=O)[C@@H](Cc1c[nH]c2ccccc12)NC(=O)[C@H](Cc1ccc(O)cc1)NC(=O)[C@H](CS)NC(=O)[C@@H](c1ccc2ccccc2c1)N(C)C(=O)[C@@H](N)Cc1ccc(O)c(O)c1)C(=O)N[C@@H](CS)C(=O)N[C@H](C(N)=O)[C@@H](C)O. The monoisotopic (exact) mass is 1280 g/mol. The number of aromatic amines is 1. The third kappa shape index (κ3) is 19.1. The van der Waals surface area contributed by atoms with Crippen LogP contribution in [0.1, 0.15) is 68.3 Å². The summed E-state index contributed by atoms with van der Waals surface area (Å²) in [6, 6.07) is 16.8. The Morgan fingerprint density at radius 2 is 1.11 bits per heavy atom. The third-order valence-electron chi connectivity index (χ3n) is 15.2. The van der Waals surface area contributed by atoms with Gasteiger partial charge in [0.25, 0.3) is 0 Å². The number of nitrogens with two attached hydrogens (primary N) is 3. The summed E-state index contributed by atoms with van der Waals surface area (Å²) in [4.78, 5) is 131. The number of hydrogen-bond donors (Lipinski definition) is 17. The van der Waals surface area contributed by atoms with Crippen molar-refractivity contribution in [2.24, 2.45) is 23.1 Å². The molecule has 1 aromatic heterocycles. The van der Waals surface area contributed by atoms with Crippen LogP contribution in [-0.2, 0) is 62.4 Å². The lowest BCUT2D eigenvalue weighted by Gasteiger charge is -2.31. The molecule has 0 bridgehead atoms. The second-order valence-corrected chi connectivity index (χ2v) is 23.1. The predicted molar refractivity (Wildman–Crippen MR) is 345 cm³/mol. The van der Waals surface area contributed by atoms with Gasteiger partial charge in [0, 0.05) is 48.5 Å². The molecule has 9 amide bonds. The Balaban J connectivity index is 1.29. The van der Waals surface area contributed by atoms with Crippen LogP contribution in [-0.4, -0.2) is 163 Å². The summed E-state index contributed by atoms with van der Waals surface area (Å²) < 4.78 is 0. The number of aromatic nitrogens is 1. The van der Waals surface area contributed by atoms with Crippen LogP contribution in [0.2, 0.25) is 0 Å². The summed E-state index contributed by atoms with van der Waals surface area (Å²) in [5.74, 6) is -9.81. The first kappa shape index (κ1) is 70.2. The van der Waals surface area contributed by atoms with Gasteiger partial charge in [-0.15, -0.1) is 0 Å². The predicted octanol–water partition coefficient (Wildman–Crippen LogP) is 0.897. The number of fused-ring (bicyclic) bond motifs is 2. The maximum absolute atomic E-state index is 15.0. The molecule has 0 unspecified atom stereocenters. The molecule has 10 atom stereocenters. The number of unbranched alkanes of at least 4 members (excludes halogenated alkanes) is 1. The van der Waals surface area contributed by atoms with Crippen LogP contribution < -0.4 is 54.4 Å². The molecule has 0 aliphatic rings. The molecule has 1 heterocycles. The van der Waals surface area contributed by atoms with Crippen LogP contribution in [0.5, 0.6) is 17.2 Å². The number of hydrogen-bond acceptors (Lipinski definition) is 17. The van der Waals surface area contributed by atoms with Crippen molar-refractivity contribution in [1.29, 1.82) is 0 Å². The largest absolute Gasteiger partial charge is 0.508 e. The number of benzene rings is 5. The van der Waals surface area contributed by atoms with E-state index in [4.69, 9.17) is 17.2 Å². The summed E-state index contributed by atoms with van der Waals surface area (Å²) in [6.07, 6.45) is 0.536. The molecule has 0 radical (unpaired) electrons. The Kier molecular flexibility index (Phi) is 25.8. The first-order valence-electron chi connectivity index (χ1n) is 29.2. The van der Waals surface area contributed by atoms with E-state index in [1.807, 2.05) is 24.3 Å². The number of nitrogens with one attached hydrogen (secondary N) is 8. The van der Waals surface area contributed by atoms with Gasteiger partial charge >= 0.3 is 0 Å². The first-order chi connectivity index (χ1) is 42.8. The Bertz CT molecular complexity index is 3520. The molecule has 90 heavy (non-hydrogen) atoms. The quantitative estimate of drug-likeness (QED) is 0.0159. The van der Waals surface area contributed by atoms with Gasteiger partial charge in [-0.2, -0.15) is 25.3 Å². The maximum atomic E-state index is 15.0. The van der Waals surface area contributed by atoms with Crippen LogP contribution in [0.3, 0.4) is 0 Å². The fourth-order valence-corrected chi connectivity index (χ4v) is 10.6. The number of phenols is 3. The fourth-order valence-electron chi connectivity index (χ4n) is 10.1. The van der Waals surface area contributed by atoms with Crippen LogP contribution in [0.4, 0.5) is 0 Å². The molecule has 6 rings (SSSR count). The van der Waals surface area contributed by atoms with Crippen LogP contribution in [0.15, 0.2) is 115 Å². The number of carbonyl (C=O) groups excluding carboxylic acids is 9. The summed E-state index contributed by atoms with van der Waals surface area (Å²) in [5.41, 5.74) is 20.2. The van der Waals surface area contributed by atoms with Gasteiger partial charge in [-0.05, 0) is 114 Å². The van der Waals surface area contributed by atoms with Crippen LogP contribution in [0, 0.1) is 5.92 Å². The van der Waals surface area contributed by atoms with Crippen molar-refractivity contribution >= 4 is 100 Å². The second kappa shape index (κ2) is 33.1. The van der Waals surface area contributed by atoms with Gasteiger partial charge in [-0.3, -0.25) is 43.2 Å². The number of aromatic hydroxyl groups is 3. The van der Waals surface area contributed by atoms with Gasteiger partial charge in [-0.25, -0.2) is 0 Å². The Morgan fingerprint density at radius 1 is 0.567 bits per heavy atom. The summed E-state index contributed by atoms with van der Waals surface area (Å²) in [6.45, 7) is 4.73. The topological polar surface area (TPSA) is 416 Å². The van der Waals surface area contributed by atoms with Gasteiger partial charge in [0.2, 0.25) is 53.2 Å². The fraction of sp³-hybridized carbons (Fsp3) is 0.381. The molecule has 18 N–H and O–H groups in total. The first-order valence-corrected chi connectivity index (χ1v) is 30.5. The second-order valence-electron chi connectivity index (χ2n) is 22.3. The molecular formula is C63H80N12O13S2. The zero-order chi connectivity index (χ0) is 65.9. The summed E-state index contributed by atoms with van der Waals surface area (Å²) >= 11 is 8.64. The molecule has 0 aliphatic heterocycles. The highest BCUT2D eigenvalue weighted by Crippen LogP contribution is 2.28. The number of rotatable bonds is 32. The van der Waals surface area contributed by atoms with Crippen LogP contribution >= 0.6 is 25.3 Å². The molecule has 27 heteroatoms. The van der Waals surface area contributed by atoms with Crippen molar-refractivity contribution < 1.29 is 63.6 Å². The van der Waals surface area contributed by atoms with E-state index in [1.165, 1.54) is 56.4 Å².